The van der Waals surface area contributed by atoms with Crippen molar-refractivity contribution in [3.63, 3.8) is 0 Å². The van der Waals surface area contributed by atoms with E-state index >= 15 is 0 Å². The molecule has 0 aliphatic carbocycles. The van der Waals surface area contributed by atoms with Crippen LogP contribution in [0.2, 0.25) is 0 Å². The number of ether oxygens (including phenoxy) is 3. The van der Waals surface area contributed by atoms with Crippen LogP contribution in [-0.4, -0.2) is 71.2 Å². The highest BCUT2D eigenvalue weighted by Crippen LogP contribution is 2.37. The molecule has 2 aromatic carbocycles. The molecule has 1 aliphatic rings. The Morgan fingerprint density at radius 3 is 2.45 bits per heavy atom. The van der Waals surface area contributed by atoms with Gasteiger partial charge in [-0.3, -0.25) is 9.47 Å². The number of nitrogens with zero attached hydrogens (tertiary/aromatic N) is 5. The molecule has 0 amide bonds. The summed E-state index contributed by atoms with van der Waals surface area (Å²) in [4.78, 5) is 29.8. The van der Waals surface area contributed by atoms with Crippen LogP contribution < -0.4 is 9.64 Å². The van der Waals surface area contributed by atoms with Gasteiger partial charge in [0.25, 0.3) is 0 Å². The summed E-state index contributed by atoms with van der Waals surface area (Å²) in [6.07, 6.45) is 3.02. The highest BCUT2D eigenvalue weighted by molar-refractivity contribution is 5.95. The zero-order chi connectivity index (χ0) is 30.0. The Morgan fingerprint density at radius 1 is 1.05 bits per heavy atom. The number of fused-ring (bicyclic) bond motifs is 1. The van der Waals surface area contributed by atoms with E-state index in [-0.39, 0.29) is 12.0 Å². The van der Waals surface area contributed by atoms with Crippen molar-refractivity contribution in [2.75, 3.05) is 38.8 Å². The van der Waals surface area contributed by atoms with Gasteiger partial charge in [-0.2, -0.15) is 5.10 Å². The van der Waals surface area contributed by atoms with Crippen LogP contribution in [0.5, 0.6) is 5.75 Å². The number of aryl methyl sites for hydroxylation is 1. The second-order valence-corrected chi connectivity index (χ2v) is 11.4. The lowest BCUT2D eigenvalue weighted by molar-refractivity contribution is 0.0542. The van der Waals surface area contributed by atoms with Crippen LogP contribution in [0, 0.1) is 6.92 Å². The van der Waals surface area contributed by atoms with Crippen LogP contribution >= 0.6 is 0 Å². The van der Waals surface area contributed by atoms with Crippen LogP contribution in [0.25, 0.3) is 10.9 Å². The van der Waals surface area contributed by atoms with Crippen molar-refractivity contribution in [3.05, 3.63) is 83.2 Å². The maximum absolute atomic E-state index is 13.1. The van der Waals surface area contributed by atoms with Gasteiger partial charge in [0, 0.05) is 49.5 Å². The Kier molecular flexibility index (Phi) is 8.17. The number of carbonyl (C=O) groups is 2. The van der Waals surface area contributed by atoms with E-state index < -0.39 is 11.7 Å². The fourth-order valence-corrected chi connectivity index (χ4v) is 5.53. The first-order valence-electron chi connectivity index (χ1n) is 14.0. The Balaban J connectivity index is 1.53. The highest BCUT2D eigenvalue weighted by atomic mass is 16.6. The number of piperazine rings is 1. The van der Waals surface area contributed by atoms with E-state index in [2.05, 4.69) is 20.0 Å². The normalized spacial score (nSPS) is 16.0. The van der Waals surface area contributed by atoms with Crippen molar-refractivity contribution in [1.82, 2.24) is 19.7 Å². The molecule has 0 spiro atoms. The van der Waals surface area contributed by atoms with E-state index in [0.29, 0.717) is 18.7 Å². The molecule has 1 aliphatic heterocycles. The third-order valence-corrected chi connectivity index (χ3v) is 7.49. The first-order chi connectivity index (χ1) is 20.1. The summed E-state index contributed by atoms with van der Waals surface area (Å²) in [7, 11) is 3.05. The van der Waals surface area contributed by atoms with Crippen molar-refractivity contribution < 1.29 is 23.8 Å². The van der Waals surface area contributed by atoms with Gasteiger partial charge in [0.05, 0.1) is 31.3 Å². The van der Waals surface area contributed by atoms with Crippen molar-refractivity contribution in [2.45, 2.75) is 45.9 Å². The summed E-state index contributed by atoms with van der Waals surface area (Å²) in [6.45, 7) is 10.3. The lowest BCUT2D eigenvalue weighted by atomic mass is 9.98. The number of aromatic nitrogens is 3. The molecule has 5 rings (SSSR count). The number of methoxy groups -OCH3 is 2. The predicted octanol–water partition coefficient (Wildman–Crippen LogP) is 5.38. The zero-order valence-corrected chi connectivity index (χ0v) is 25.0. The van der Waals surface area contributed by atoms with E-state index in [1.165, 1.54) is 7.11 Å². The molecule has 0 radical (unpaired) electrons. The SMILES string of the molecule is COC(=O)c1ccc([C@@H]2CN(c3cccnn3)CCN2Cc2c(OC)cc(C)c3c2ccn3C(=O)OC(C)(C)C)cc1. The molecule has 2 aromatic heterocycles. The van der Waals surface area contributed by atoms with Crippen LogP contribution in [0.15, 0.2) is 60.9 Å². The molecule has 1 saturated heterocycles. The fraction of sp³-hybridized carbons (Fsp3) is 0.375. The fourth-order valence-electron chi connectivity index (χ4n) is 5.53. The molecule has 220 valence electrons. The van der Waals surface area contributed by atoms with Crippen molar-refractivity contribution in [2.24, 2.45) is 0 Å². The van der Waals surface area contributed by atoms with Gasteiger partial charge in [-0.25, -0.2) is 9.59 Å². The first-order valence-corrected chi connectivity index (χ1v) is 14.0. The van der Waals surface area contributed by atoms with E-state index in [0.717, 1.165) is 52.3 Å². The molecule has 1 fully saturated rings. The molecular formula is C32H37N5O5. The summed E-state index contributed by atoms with van der Waals surface area (Å²) in [5.41, 5.74) is 3.66. The molecule has 1 atom stereocenters. The molecule has 0 unspecified atom stereocenters. The molecule has 0 saturated carbocycles. The maximum atomic E-state index is 13.1. The average Bonchev–Trinajstić information content (AvgIpc) is 3.44. The Morgan fingerprint density at radius 2 is 1.81 bits per heavy atom. The topological polar surface area (TPSA) is 99.0 Å². The summed E-state index contributed by atoms with van der Waals surface area (Å²) < 4.78 is 18.0. The second kappa shape index (κ2) is 11.8. The molecule has 3 heterocycles. The zero-order valence-electron chi connectivity index (χ0n) is 25.0. The molecule has 0 N–H and O–H groups in total. The minimum atomic E-state index is -0.615. The van der Waals surface area contributed by atoms with Gasteiger partial charge < -0.3 is 19.1 Å². The van der Waals surface area contributed by atoms with Crippen LogP contribution in [0.1, 0.15) is 53.9 Å². The Hall–Kier alpha value is -4.44. The smallest absolute Gasteiger partial charge is 0.419 e. The lowest BCUT2D eigenvalue weighted by Crippen LogP contribution is -2.48. The summed E-state index contributed by atoms with van der Waals surface area (Å²) >= 11 is 0. The number of hydrogen-bond donors (Lipinski definition) is 0. The van der Waals surface area contributed by atoms with Crippen LogP contribution in [0.4, 0.5) is 10.6 Å². The van der Waals surface area contributed by atoms with E-state index in [1.807, 2.05) is 64.1 Å². The maximum Gasteiger partial charge on any atom is 0.419 e. The monoisotopic (exact) mass is 571 g/mol. The van der Waals surface area contributed by atoms with Gasteiger partial charge in [0.1, 0.15) is 11.4 Å². The number of anilines is 1. The molecule has 4 aromatic rings. The largest absolute Gasteiger partial charge is 0.496 e. The number of benzene rings is 2. The van der Waals surface area contributed by atoms with Gasteiger partial charge in [0.2, 0.25) is 0 Å². The quantitative estimate of drug-likeness (QED) is 0.282. The number of esters is 1. The van der Waals surface area contributed by atoms with Gasteiger partial charge in [0.15, 0.2) is 5.82 Å². The standard InChI is InChI=1S/C32H37N5O5/c1-21-18-27(40-5)25(24-13-15-37(29(21)24)31(39)42-32(2,3)4)19-35-16-17-36(28-8-7-14-33-34-28)20-26(35)22-9-11-23(12-10-22)30(38)41-6/h7-15,18,26H,16-17,19-20H2,1-6H3/t26-/m0/s1. The van der Waals surface area contributed by atoms with Crippen molar-refractivity contribution in [3.8, 4) is 5.75 Å². The van der Waals surface area contributed by atoms with Gasteiger partial charge >= 0.3 is 12.1 Å². The summed E-state index contributed by atoms with van der Waals surface area (Å²) in [5.74, 6) is 1.21. The minimum absolute atomic E-state index is 0.0264. The van der Waals surface area contributed by atoms with E-state index in [4.69, 9.17) is 14.2 Å². The lowest BCUT2D eigenvalue weighted by Gasteiger charge is -2.42. The van der Waals surface area contributed by atoms with Crippen molar-refractivity contribution in [1.29, 1.82) is 0 Å². The second-order valence-electron chi connectivity index (χ2n) is 11.4. The number of rotatable bonds is 6. The van der Waals surface area contributed by atoms with E-state index in [1.54, 1.807) is 36.2 Å². The molecule has 10 heteroatoms. The first kappa shape index (κ1) is 29.1. The van der Waals surface area contributed by atoms with Crippen LogP contribution in [0.3, 0.4) is 0 Å². The van der Waals surface area contributed by atoms with Crippen molar-refractivity contribution >= 4 is 28.8 Å². The molecule has 10 nitrogen and oxygen atoms in total. The van der Waals surface area contributed by atoms with Crippen LogP contribution in [-0.2, 0) is 16.0 Å². The van der Waals surface area contributed by atoms with Gasteiger partial charge in [-0.1, -0.05) is 12.1 Å². The molecule has 42 heavy (non-hydrogen) atoms. The molecule has 0 bridgehead atoms. The van der Waals surface area contributed by atoms with Gasteiger partial charge in [-0.15, -0.1) is 5.10 Å². The van der Waals surface area contributed by atoms with Gasteiger partial charge in [-0.05, 0) is 75.2 Å². The highest BCUT2D eigenvalue weighted by Gasteiger charge is 2.31. The predicted molar refractivity (Wildman–Crippen MR) is 160 cm³/mol. The number of hydrogen-bond acceptors (Lipinski definition) is 9. The third kappa shape index (κ3) is 5.94. The summed E-state index contributed by atoms with van der Waals surface area (Å²) in [5, 5.41) is 9.35. The summed E-state index contributed by atoms with van der Waals surface area (Å²) in [6, 6.07) is 15.3. The van der Waals surface area contributed by atoms with E-state index in [9.17, 15) is 9.59 Å². The molecular weight excluding hydrogens is 534 g/mol. The minimum Gasteiger partial charge on any atom is -0.496 e. The Labute approximate surface area is 245 Å². The third-order valence-electron chi connectivity index (χ3n) is 7.49. The average molecular weight is 572 g/mol. The number of carbonyl (C=O) groups excluding carboxylic acids is 2. The Bertz CT molecular complexity index is 1580.